The van der Waals surface area contributed by atoms with E-state index in [9.17, 15) is 9.59 Å². The van der Waals surface area contributed by atoms with Crippen LogP contribution in [0.1, 0.15) is 18.9 Å². The number of carbonyl (C=O) groups excluding carboxylic acids is 2. The highest BCUT2D eigenvalue weighted by Crippen LogP contribution is 2.04. The molecule has 2 rings (SSSR count). The molecule has 3 heteroatoms. The summed E-state index contributed by atoms with van der Waals surface area (Å²) in [4.78, 5) is 21.0. The first-order chi connectivity index (χ1) is 7.63. The van der Waals surface area contributed by atoms with Crippen LogP contribution < -0.4 is 5.32 Å². The van der Waals surface area contributed by atoms with Crippen LogP contribution in [0.25, 0.3) is 0 Å². The zero-order valence-corrected chi connectivity index (χ0v) is 9.49. The Hall–Kier alpha value is -1.90. The van der Waals surface area contributed by atoms with Gasteiger partial charge in [0.1, 0.15) is 0 Å². The van der Waals surface area contributed by atoms with Crippen LogP contribution in [-0.2, 0) is 9.59 Å². The van der Waals surface area contributed by atoms with Crippen molar-refractivity contribution in [3.05, 3.63) is 47.5 Å². The normalized spacial score (nSPS) is 13.8. The predicted molar refractivity (Wildman–Crippen MR) is 62.7 cm³/mol. The Kier molecular flexibility index (Phi) is 4.45. The third-order valence-corrected chi connectivity index (χ3v) is 2.16. The summed E-state index contributed by atoms with van der Waals surface area (Å²) in [6.45, 7) is 3.92. The second-order valence-electron chi connectivity index (χ2n) is 3.50. The summed E-state index contributed by atoms with van der Waals surface area (Å²) in [5.74, 6) is -0.542. The molecule has 0 fully saturated rings. The van der Waals surface area contributed by atoms with Crippen LogP contribution in [0.15, 0.2) is 42.0 Å². The van der Waals surface area contributed by atoms with E-state index in [1.807, 2.05) is 25.1 Å². The van der Waals surface area contributed by atoms with E-state index in [1.165, 1.54) is 11.6 Å². The molecule has 0 atom stereocenters. The van der Waals surface area contributed by atoms with E-state index in [-0.39, 0.29) is 11.8 Å². The van der Waals surface area contributed by atoms with Gasteiger partial charge in [0.15, 0.2) is 0 Å². The SMILES string of the molecule is CCC1=CC(=O)NC1=O.Cc1ccccc1. The van der Waals surface area contributed by atoms with Crippen molar-refractivity contribution >= 4 is 11.8 Å². The summed E-state index contributed by atoms with van der Waals surface area (Å²) < 4.78 is 0. The Balaban J connectivity index is 0.000000165. The van der Waals surface area contributed by atoms with Gasteiger partial charge < -0.3 is 0 Å². The molecule has 1 aromatic carbocycles. The lowest BCUT2D eigenvalue weighted by Crippen LogP contribution is -2.21. The number of hydrogen-bond donors (Lipinski definition) is 1. The molecule has 16 heavy (non-hydrogen) atoms. The third-order valence-electron chi connectivity index (χ3n) is 2.16. The second-order valence-corrected chi connectivity index (χ2v) is 3.50. The van der Waals surface area contributed by atoms with Crippen molar-refractivity contribution in [1.29, 1.82) is 0 Å². The molecule has 1 heterocycles. The van der Waals surface area contributed by atoms with Gasteiger partial charge in [0.2, 0.25) is 0 Å². The molecule has 0 aromatic heterocycles. The minimum absolute atomic E-state index is 0.248. The standard InChI is InChI=1S/C7H8.C6H7NO2/c1-7-5-3-2-4-6-7;1-2-4-3-5(8)7-6(4)9/h2-6H,1H3;3H,2H2,1H3,(H,7,8,9). The van der Waals surface area contributed by atoms with Crippen molar-refractivity contribution < 1.29 is 9.59 Å². The monoisotopic (exact) mass is 217 g/mol. The molecule has 0 unspecified atom stereocenters. The van der Waals surface area contributed by atoms with Gasteiger partial charge in [-0.25, -0.2) is 0 Å². The topological polar surface area (TPSA) is 46.2 Å². The van der Waals surface area contributed by atoms with Gasteiger partial charge in [-0.05, 0) is 13.3 Å². The quantitative estimate of drug-likeness (QED) is 0.731. The van der Waals surface area contributed by atoms with E-state index in [2.05, 4.69) is 24.4 Å². The highest BCUT2D eigenvalue weighted by Gasteiger charge is 2.17. The van der Waals surface area contributed by atoms with Crippen LogP contribution in [0, 0.1) is 6.92 Å². The Bertz CT molecular complexity index is 407. The van der Waals surface area contributed by atoms with Gasteiger partial charge >= 0.3 is 0 Å². The largest absolute Gasteiger partial charge is 0.289 e. The smallest absolute Gasteiger partial charge is 0.254 e. The molecule has 0 saturated carbocycles. The number of carbonyl (C=O) groups is 2. The van der Waals surface area contributed by atoms with Crippen molar-refractivity contribution in [3.63, 3.8) is 0 Å². The molecule has 3 nitrogen and oxygen atoms in total. The summed E-state index contributed by atoms with van der Waals surface area (Å²) in [6, 6.07) is 10.3. The summed E-state index contributed by atoms with van der Waals surface area (Å²) in [5, 5.41) is 2.15. The van der Waals surface area contributed by atoms with Gasteiger partial charge in [0.25, 0.3) is 11.8 Å². The molecule has 0 saturated heterocycles. The zero-order chi connectivity index (χ0) is 12.0. The van der Waals surface area contributed by atoms with Crippen molar-refractivity contribution in [1.82, 2.24) is 5.32 Å². The first kappa shape index (κ1) is 12.2. The van der Waals surface area contributed by atoms with Crippen LogP contribution >= 0.6 is 0 Å². The van der Waals surface area contributed by atoms with E-state index in [0.29, 0.717) is 12.0 Å². The maximum Gasteiger partial charge on any atom is 0.254 e. The van der Waals surface area contributed by atoms with Gasteiger partial charge in [-0.15, -0.1) is 0 Å². The number of amides is 2. The minimum atomic E-state index is -0.295. The number of imide groups is 1. The minimum Gasteiger partial charge on any atom is -0.289 e. The highest BCUT2D eigenvalue weighted by molar-refractivity contribution is 6.16. The van der Waals surface area contributed by atoms with Crippen LogP contribution in [-0.4, -0.2) is 11.8 Å². The number of hydrogen-bond acceptors (Lipinski definition) is 2. The van der Waals surface area contributed by atoms with E-state index in [1.54, 1.807) is 0 Å². The first-order valence-corrected chi connectivity index (χ1v) is 5.21. The molecule has 2 amide bonds. The van der Waals surface area contributed by atoms with Gasteiger partial charge in [-0.1, -0.05) is 42.8 Å². The molecule has 0 aliphatic carbocycles. The number of benzene rings is 1. The molecule has 1 aromatic rings. The van der Waals surface area contributed by atoms with Crippen LogP contribution in [0.2, 0.25) is 0 Å². The van der Waals surface area contributed by atoms with Crippen molar-refractivity contribution in [2.75, 3.05) is 0 Å². The maximum absolute atomic E-state index is 10.6. The number of rotatable bonds is 1. The summed E-state index contributed by atoms with van der Waals surface area (Å²) in [7, 11) is 0. The van der Waals surface area contributed by atoms with E-state index >= 15 is 0 Å². The Morgan fingerprint density at radius 1 is 1.12 bits per heavy atom. The Morgan fingerprint density at radius 3 is 2.00 bits per heavy atom. The fourth-order valence-corrected chi connectivity index (χ4v) is 1.25. The second kappa shape index (κ2) is 5.85. The van der Waals surface area contributed by atoms with Crippen LogP contribution in [0.4, 0.5) is 0 Å². The summed E-state index contributed by atoms with van der Waals surface area (Å²) in [6.07, 6.45) is 1.96. The van der Waals surface area contributed by atoms with Crippen LogP contribution in [0.5, 0.6) is 0 Å². The van der Waals surface area contributed by atoms with Crippen molar-refractivity contribution in [2.45, 2.75) is 20.3 Å². The van der Waals surface area contributed by atoms with Gasteiger partial charge in [0, 0.05) is 11.6 Å². The molecule has 1 N–H and O–H groups in total. The van der Waals surface area contributed by atoms with Gasteiger partial charge in [-0.3, -0.25) is 14.9 Å². The molecular weight excluding hydrogens is 202 g/mol. The fourth-order valence-electron chi connectivity index (χ4n) is 1.25. The van der Waals surface area contributed by atoms with E-state index in [0.717, 1.165) is 0 Å². The predicted octanol–water partition coefficient (Wildman–Crippen LogP) is 1.97. The fraction of sp³-hybridized carbons (Fsp3) is 0.231. The molecule has 0 bridgehead atoms. The Morgan fingerprint density at radius 2 is 1.75 bits per heavy atom. The van der Waals surface area contributed by atoms with Crippen molar-refractivity contribution in [2.24, 2.45) is 0 Å². The van der Waals surface area contributed by atoms with Gasteiger partial charge in [0.05, 0.1) is 0 Å². The lowest BCUT2D eigenvalue weighted by atomic mass is 10.2. The lowest BCUT2D eigenvalue weighted by Gasteiger charge is -1.89. The highest BCUT2D eigenvalue weighted by atomic mass is 16.2. The van der Waals surface area contributed by atoms with E-state index < -0.39 is 0 Å². The zero-order valence-electron chi connectivity index (χ0n) is 9.49. The molecular formula is C13H15NO2. The summed E-state index contributed by atoms with van der Waals surface area (Å²) >= 11 is 0. The molecule has 0 spiro atoms. The molecule has 84 valence electrons. The molecule has 1 aliphatic heterocycles. The maximum atomic E-state index is 10.6. The first-order valence-electron chi connectivity index (χ1n) is 5.21. The lowest BCUT2D eigenvalue weighted by molar-refractivity contribution is -0.123. The summed E-state index contributed by atoms with van der Waals surface area (Å²) in [5.41, 5.74) is 1.89. The third kappa shape index (κ3) is 3.69. The number of aryl methyl sites for hydroxylation is 1. The average Bonchev–Trinajstić information content (AvgIpc) is 2.59. The van der Waals surface area contributed by atoms with Gasteiger partial charge in [-0.2, -0.15) is 0 Å². The molecule has 0 radical (unpaired) electrons. The molecule has 1 aliphatic rings. The number of nitrogens with one attached hydrogen (secondary N) is 1. The van der Waals surface area contributed by atoms with Crippen molar-refractivity contribution in [3.8, 4) is 0 Å². The van der Waals surface area contributed by atoms with Crippen LogP contribution in [0.3, 0.4) is 0 Å². The Labute approximate surface area is 95.2 Å². The average molecular weight is 217 g/mol. The van der Waals surface area contributed by atoms with E-state index in [4.69, 9.17) is 0 Å².